The molecule has 17 heavy (non-hydrogen) atoms. The Balaban J connectivity index is 2.35. The molecule has 0 aliphatic heterocycles. The van der Waals surface area contributed by atoms with Crippen molar-refractivity contribution in [1.82, 2.24) is 4.98 Å². The van der Waals surface area contributed by atoms with Gasteiger partial charge in [-0.25, -0.2) is 9.18 Å². The molecule has 0 saturated carbocycles. The summed E-state index contributed by atoms with van der Waals surface area (Å²) >= 11 is 0. The van der Waals surface area contributed by atoms with Gasteiger partial charge in [0.05, 0.1) is 12.1 Å². The first-order valence-electron chi connectivity index (χ1n) is 4.96. The molecule has 0 atom stereocenters. The topological polar surface area (TPSA) is 71.5 Å². The average Bonchev–Trinajstić information content (AvgIpc) is 2.57. The number of halogens is 1. The Morgan fingerprint density at radius 1 is 1.53 bits per heavy atom. The monoisotopic (exact) mass is 239 g/mol. The van der Waals surface area contributed by atoms with Gasteiger partial charge in [-0.05, 0) is 25.1 Å². The van der Waals surface area contributed by atoms with Crippen LogP contribution in [0.2, 0.25) is 0 Å². The van der Waals surface area contributed by atoms with Gasteiger partial charge >= 0.3 is 6.16 Å². The lowest BCUT2D eigenvalue weighted by molar-refractivity contribution is 0.102. The molecule has 90 valence electrons. The fraction of sp³-hybridized carbons (Fsp3) is 0.182. The maximum Gasteiger partial charge on any atom is 0.515 e. The highest BCUT2D eigenvalue weighted by molar-refractivity contribution is 5.89. The molecule has 2 N–H and O–H groups in total. The van der Waals surface area contributed by atoms with Crippen molar-refractivity contribution in [3.8, 4) is 11.6 Å². The summed E-state index contributed by atoms with van der Waals surface area (Å²) in [5.74, 6) is -0.980. The Bertz CT molecular complexity index is 564. The van der Waals surface area contributed by atoms with E-state index in [0.717, 1.165) is 6.07 Å². The van der Waals surface area contributed by atoms with E-state index in [1.807, 2.05) is 0 Å². The molecular formula is C11H10FNO4. The summed E-state index contributed by atoms with van der Waals surface area (Å²) < 4.78 is 22.2. The summed E-state index contributed by atoms with van der Waals surface area (Å²) in [7, 11) is 0. The van der Waals surface area contributed by atoms with E-state index in [0.29, 0.717) is 5.52 Å². The van der Waals surface area contributed by atoms with E-state index in [2.05, 4.69) is 9.72 Å². The average molecular weight is 239 g/mol. The van der Waals surface area contributed by atoms with E-state index in [4.69, 9.17) is 4.74 Å². The van der Waals surface area contributed by atoms with Crippen molar-refractivity contribution in [3.63, 3.8) is 0 Å². The minimum atomic E-state index is -0.935. The van der Waals surface area contributed by atoms with E-state index in [1.54, 1.807) is 6.92 Å². The van der Waals surface area contributed by atoms with Crippen molar-refractivity contribution in [2.75, 3.05) is 6.61 Å². The molecule has 1 aromatic heterocycles. The normalized spacial score (nSPS) is 10.5. The minimum Gasteiger partial charge on any atom is -0.503 e. The number of aromatic hydroxyl groups is 1. The fourth-order valence-corrected chi connectivity index (χ4v) is 1.43. The Labute approximate surface area is 95.8 Å². The first kappa shape index (κ1) is 11.3. The Kier molecular flexibility index (Phi) is 2.86. The lowest BCUT2D eigenvalue weighted by atomic mass is 10.2. The van der Waals surface area contributed by atoms with Gasteiger partial charge in [-0.15, -0.1) is 0 Å². The van der Waals surface area contributed by atoms with Crippen LogP contribution in [-0.2, 0) is 4.74 Å². The van der Waals surface area contributed by atoms with Gasteiger partial charge in [-0.2, -0.15) is 0 Å². The van der Waals surface area contributed by atoms with Crippen LogP contribution in [0.1, 0.15) is 6.92 Å². The van der Waals surface area contributed by atoms with Crippen molar-refractivity contribution in [3.05, 3.63) is 24.0 Å². The summed E-state index contributed by atoms with van der Waals surface area (Å²) in [6, 6.07) is 3.80. The van der Waals surface area contributed by atoms with Crippen molar-refractivity contribution in [2.24, 2.45) is 0 Å². The molecule has 0 bridgehead atoms. The molecule has 2 rings (SSSR count). The van der Waals surface area contributed by atoms with Crippen LogP contribution in [0.25, 0.3) is 10.9 Å². The molecule has 0 fully saturated rings. The SMILES string of the molecule is CCOC(=O)Oc1[nH]c2ccc(F)cc2c1O. The number of ether oxygens (including phenoxy) is 2. The highest BCUT2D eigenvalue weighted by Crippen LogP contribution is 2.35. The maximum absolute atomic E-state index is 13.0. The highest BCUT2D eigenvalue weighted by atomic mass is 19.1. The summed E-state index contributed by atoms with van der Waals surface area (Å²) in [6.07, 6.45) is -0.935. The zero-order chi connectivity index (χ0) is 12.4. The number of benzene rings is 1. The first-order valence-corrected chi connectivity index (χ1v) is 4.96. The lowest BCUT2D eigenvalue weighted by Crippen LogP contribution is -2.10. The number of rotatable bonds is 2. The van der Waals surface area contributed by atoms with Gasteiger partial charge in [-0.1, -0.05) is 0 Å². The third-order valence-corrected chi connectivity index (χ3v) is 2.15. The van der Waals surface area contributed by atoms with E-state index >= 15 is 0 Å². The number of carbonyl (C=O) groups excluding carboxylic acids is 1. The van der Waals surface area contributed by atoms with Gasteiger partial charge in [0.15, 0.2) is 5.75 Å². The third-order valence-electron chi connectivity index (χ3n) is 2.15. The predicted octanol–water partition coefficient (Wildman–Crippen LogP) is 2.55. The van der Waals surface area contributed by atoms with E-state index in [1.165, 1.54) is 12.1 Å². The molecule has 2 aromatic rings. The smallest absolute Gasteiger partial charge is 0.503 e. The van der Waals surface area contributed by atoms with Crippen LogP contribution in [0.3, 0.4) is 0 Å². The van der Waals surface area contributed by atoms with Gasteiger partial charge < -0.3 is 19.6 Å². The van der Waals surface area contributed by atoms with Crippen LogP contribution >= 0.6 is 0 Å². The number of fused-ring (bicyclic) bond motifs is 1. The quantitative estimate of drug-likeness (QED) is 0.790. The molecule has 0 radical (unpaired) electrons. The highest BCUT2D eigenvalue weighted by Gasteiger charge is 2.16. The first-order chi connectivity index (χ1) is 8.11. The molecule has 0 saturated heterocycles. The van der Waals surface area contributed by atoms with Gasteiger partial charge in [0, 0.05) is 5.39 Å². The number of nitrogens with one attached hydrogen (secondary N) is 1. The molecule has 0 aliphatic carbocycles. The summed E-state index contributed by atoms with van der Waals surface area (Å²) in [6.45, 7) is 1.79. The van der Waals surface area contributed by atoms with E-state index in [-0.39, 0.29) is 23.6 Å². The van der Waals surface area contributed by atoms with Gasteiger partial charge in [0.25, 0.3) is 0 Å². The van der Waals surface area contributed by atoms with Crippen LogP contribution in [-0.4, -0.2) is 22.9 Å². The van der Waals surface area contributed by atoms with E-state index in [9.17, 15) is 14.3 Å². The number of carbonyl (C=O) groups is 1. The van der Waals surface area contributed by atoms with Crippen LogP contribution in [0.15, 0.2) is 18.2 Å². The molecule has 1 heterocycles. The van der Waals surface area contributed by atoms with Crippen molar-refractivity contribution < 1.29 is 23.8 Å². The third kappa shape index (κ3) is 2.15. The minimum absolute atomic E-state index is 0.161. The van der Waals surface area contributed by atoms with Gasteiger partial charge in [0.1, 0.15) is 5.82 Å². The molecular weight excluding hydrogens is 229 g/mol. The van der Waals surface area contributed by atoms with Crippen LogP contribution in [0.4, 0.5) is 9.18 Å². The van der Waals surface area contributed by atoms with Gasteiger partial charge in [0.2, 0.25) is 5.88 Å². The summed E-state index contributed by atoms with van der Waals surface area (Å²) in [4.78, 5) is 13.7. The summed E-state index contributed by atoms with van der Waals surface area (Å²) in [5.41, 5.74) is 0.461. The largest absolute Gasteiger partial charge is 0.515 e. The van der Waals surface area contributed by atoms with E-state index < -0.39 is 12.0 Å². The van der Waals surface area contributed by atoms with Gasteiger partial charge in [-0.3, -0.25) is 0 Å². The fourth-order valence-electron chi connectivity index (χ4n) is 1.43. The van der Waals surface area contributed by atoms with Crippen LogP contribution in [0.5, 0.6) is 11.6 Å². The number of hydrogen-bond donors (Lipinski definition) is 2. The number of aromatic amines is 1. The lowest BCUT2D eigenvalue weighted by Gasteiger charge is -2.01. The molecule has 0 aliphatic rings. The zero-order valence-electron chi connectivity index (χ0n) is 8.99. The van der Waals surface area contributed by atoms with Crippen molar-refractivity contribution in [2.45, 2.75) is 6.92 Å². The predicted molar refractivity (Wildman–Crippen MR) is 57.6 cm³/mol. The molecule has 1 aromatic carbocycles. The Hall–Kier alpha value is -2.24. The van der Waals surface area contributed by atoms with Crippen molar-refractivity contribution in [1.29, 1.82) is 0 Å². The van der Waals surface area contributed by atoms with Crippen LogP contribution < -0.4 is 4.74 Å². The molecule has 5 nitrogen and oxygen atoms in total. The zero-order valence-corrected chi connectivity index (χ0v) is 8.99. The number of aromatic nitrogens is 1. The second-order valence-corrected chi connectivity index (χ2v) is 3.28. The standard InChI is InChI=1S/C11H10FNO4/c1-2-16-11(15)17-10-9(14)7-5-6(12)3-4-8(7)13-10/h3-5,13-14H,2H2,1H3. The van der Waals surface area contributed by atoms with Crippen LogP contribution in [0, 0.1) is 5.82 Å². The van der Waals surface area contributed by atoms with Crippen molar-refractivity contribution >= 4 is 17.1 Å². The maximum atomic E-state index is 13.0. The molecule has 0 unspecified atom stereocenters. The Morgan fingerprint density at radius 2 is 2.29 bits per heavy atom. The second-order valence-electron chi connectivity index (χ2n) is 3.28. The molecule has 6 heteroatoms. The Morgan fingerprint density at radius 3 is 3.00 bits per heavy atom. The molecule has 0 spiro atoms. The summed E-state index contributed by atoms with van der Waals surface area (Å²) in [5, 5.41) is 9.94. The second kappa shape index (κ2) is 4.32. The number of hydrogen-bond acceptors (Lipinski definition) is 4. The molecule has 0 amide bonds. The number of H-pyrrole nitrogens is 1.